The zero-order chi connectivity index (χ0) is 12.1. The Morgan fingerprint density at radius 2 is 2.06 bits per heavy atom. The normalized spacial score (nSPS) is 12.0. The fourth-order valence-electron chi connectivity index (χ4n) is 1.50. The molecule has 0 aliphatic rings. The summed E-state index contributed by atoms with van der Waals surface area (Å²) >= 11 is 0. The van der Waals surface area contributed by atoms with Crippen molar-refractivity contribution in [1.29, 1.82) is 0 Å². The maximum atomic E-state index is 13.6. The average Bonchev–Trinajstić information content (AvgIpc) is 2.28. The molecule has 0 aliphatic heterocycles. The van der Waals surface area contributed by atoms with Gasteiger partial charge >= 0.3 is 0 Å². The van der Waals surface area contributed by atoms with E-state index in [-0.39, 0.29) is 11.7 Å². The van der Waals surface area contributed by atoms with Crippen LogP contribution in [0.5, 0.6) is 11.5 Å². The summed E-state index contributed by atoms with van der Waals surface area (Å²) in [7, 11) is 2.83. The number of methoxy groups -OCH3 is 2. The van der Waals surface area contributed by atoms with Gasteiger partial charge in [-0.1, -0.05) is 6.92 Å². The summed E-state index contributed by atoms with van der Waals surface area (Å²) in [6.45, 7) is 1.86. The molecule has 0 N–H and O–H groups in total. The van der Waals surface area contributed by atoms with E-state index in [9.17, 15) is 9.18 Å². The first-order chi connectivity index (χ1) is 7.63. The van der Waals surface area contributed by atoms with Gasteiger partial charge in [0.2, 0.25) is 0 Å². The van der Waals surface area contributed by atoms with E-state index in [4.69, 9.17) is 9.47 Å². The van der Waals surface area contributed by atoms with Gasteiger partial charge in [-0.2, -0.15) is 0 Å². The van der Waals surface area contributed by atoms with Crippen LogP contribution in [0.4, 0.5) is 4.39 Å². The largest absolute Gasteiger partial charge is 0.493 e. The summed E-state index contributed by atoms with van der Waals surface area (Å²) in [5.74, 6) is -0.0822. The predicted octanol–water partition coefficient (Wildman–Crippen LogP) is 2.54. The lowest BCUT2D eigenvalue weighted by Gasteiger charge is -2.13. The summed E-state index contributed by atoms with van der Waals surface area (Å²) in [6, 6.07) is 3.06. The zero-order valence-corrected chi connectivity index (χ0v) is 9.62. The molecule has 0 heterocycles. The molecule has 0 amide bonds. The van der Waals surface area contributed by atoms with Crippen molar-refractivity contribution in [3.05, 3.63) is 23.5 Å². The number of halogens is 1. The monoisotopic (exact) mass is 226 g/mol. The van der Waals surface area contributed by atoms with Crippen molar-refractivity contribution in [2.75, 3.05) is 14.2 Å². The standard InChI is InChI=1S/C12H15FO3/c1-8(4-5-14)9-6-10(13)12(16-3)11(7-9)15-2/h5-8H,4H2,1-3H3. The average molecular weight is 226 g/mol. The van der Waals surface area contributed by atoms with Gasteiger partial charge < -0.3 is 14.3 Å². The fraction of sp³-hybridized carbons (Fsp3) is 0.417. The van der Waals surface area contributed by atoms with Crippen molar-refractivity contribution in [3.63, 3.8) is 0 Å². The first-order valence-corrected chi connectivity index (χ1v) is 4.99. The highest BCUT2D eigenvalue weighted by atomic mass is 19.1. The SMILES string of the molecule is COc1cc(C(C)CC=O)cc(F)c1OC. The quantitative estimate of drug-likeness (QED) is 0.724. The molecule has 0 radical (unpaired) electrons. The highest BCUT2D eigenvalue weighted by Crippen LogP contribution is 2.34. The maximum Gasteiger partial charge on any atom is 0.196 e. The molecule has 0 bridgehead atoms. The molecular formula is C12H15FO3. The van der Waals surface area contributed by atoms with Gasteiger partial charge in [-0.3, -0.25) is 0 Å². The molecule has 1 aromatic carbocycles. The number of carbonyl (C=O) groups is 1. The van der Waals surface area contributed by atoms with Crippen LogP contribution < -0.4 is 9.47 Å². The van der Waals surface area contributed by atoms with Gasteiger partial charge in [0.1, 0.15) is 6.29 Å². The molecule has 1 aromatic rings. The third-order valence-corrected chi connectivity index (χ3v) is 2.47. The Hall–Kier alpha value is -1.58. The molecule has 4 heteroatoms. The first-order valence-electron chi connectivity index (χ1n) is 4.99. The molecule has 16 heavy (non-hydrogen) atoms. The summed E-state index contributed by atoms with van der Waals surface area (Å²) in [5.41, 5.74) is 0.724. The number of hydrogen-bond donors (Lipinski definition) is 0. The van der Waals surface area contributed by atoms with Crippen LogP contribution in [0.2, 0.25) is 0 Å². The van der Waals surface area contributed by atoms with Crippen molar-refractivity contribution < 1.29 is 18.7 Å². The lowest BCUT2D eigenvalue weighted by atomic mass is 9.98. The van der Waals surface area contributed by atoms with E-state index in [1.165, 1.54) is 20.3 Å². The van der Waals surface area contributed by atoms with E-state index in [1.54, 1.807) is 6.07 Å². The Kier molecular flexibility index (Phi) is 4.28. The second kappa shape index (κ2) is 5.49. The Balaban J connectivity index is 3.14. The Bertz CT molecular complexity index is 377. The smallest absolute Gasteiger partial charge is 0.196 e. The third-order valence-electron chi connectivity index (χ3n) is 2.47. The molecule has 0 spiro atoms. The number of aldehydes is 1. The topological polar surface area (TPSA) is 35.5 Å². The van der Waals surface area contributed by atoms with E-state index in [0.717, 1.165) is 11.8 Å². The van der Waals surface area contributed by atoms with Crippen molar-refractivity contribution >= 4 is 6.29 Å². The van der Waals surface area contributed by atoms with Crippen LogP contribution in [0, 0.1) is 5.82 Å². The Morgan fingerprint density at radius 1 is 1.38 bits per heavy atom. The second-order valence-electron chi connectivity index (χ2n) is 3.54. The molecule has 1 unspecified atom stereocenters. The minimum absolute atomic E-state index is 0.0354. The molecule has 0 aliphatic carbocycles. The van der Waals surface area contributed by atoms with Crippen LogP contribution >= 0.6 is 0 Å². The van der Waals surface area contributed by atoms with Gasteiger partial charge in [-0.15, -0.1) is 0 Å². The number of carbonyl (C=O) groups excluding carboxylic acids is 1. The zero-order valence-electron chi connectivity index (χ0n) is 9.62. The van der Waals surface area contributed by atoms with Crippen LogP contribution in [0.1, 0.15) is 24.8 Å². The Morgan fingerprint density at radius 3 is 2.56 bits per heavy atom. The highest BCUT2D eigenvalue weighted by molar-refractivity contribution is 5.53. The van der Waals surface area contributed by atoms with Crippen molar-refractivity contribution in [1.82, 2.24) is 0 Å². The first kappa shape index (κ1) is 12.5. The van der Waals surface area contributed by atoms with E-state index in [2.05, 4.69) is 0 Å². The third kappa shape index (κ3) is 2.51. The molecule has 0 saturated carbocycles. The van der Waals surface area contributed by atoms with E-state index in [0.29, 0.717) is 12.2 Å². The van der Waals surface area contributed by atoms with Crippen molar-refractivity contribution in [2.24, 2.45) is 0 Å². The lowest BCUT2D eigenvalue weighted by molar-refractivity contribution is -0.108. The van der Waals surface area contributed by atoms with Gasteiger partial charge in [0.15, 0.2) is 17.3 Å². The van der Waals surface area contributed by atoms with Gasteiger partial charge in [0.25, 0.3) is 0 Å². The number of hydrogen-bond acceptors (Lipinski definition) is 3. The van der Waals surface area contributed by atoms with Crippen molar-refractivity contribution in [3.8, 4) is 11.5 Å². The second-order valence-corrected chi connectivity index (χ2v) is 3.54. The van der Waals surface area contributed by atoms with Crippen LogP contribution in [0.15, 0.2) is 12.1 Å². The summed E-state index contributed by atoms with van der Waals surface area (Å²) in [5, 5.41) is 0. The van der Waals surface area contributed by atoms with Crippen LogP contribution in [-0.2, 0) is 4.79 Å². The van der Waals surface area contributed by atoms with Crippen molar-refractivity contribution in [2.45, 2.75) is 19.3 Å². The molecule has 3 nitrogen and oxygen atoms in total. The summed E-state index contributed by atoms with van der Waals surface area (Å²) in [4.78, 5) is 10.4. The predicted molar refractivity (Wildman–Crippen MR) is 58.6 cm³/mol. The number of benzene rings is 1. The number of rotatable bonds is 5. The van der Waals surface area contributed by atoms with E-state index in [1.807, 2.05) is 6.92 Å². The van der Waals surface area contributed by atoms with Gasteiger partial charge in [-0.25, -0.2) is 4.39 Å². The summed E-state index contributed by atoms with van der Waals surface area (Å²) in [6.07, 6.45) is 1.17. The molecule has 0 fully saturated rings. The molecular weight excluding hydrogens is 211 g/mol. The maximum absolute atomic E-state index is 13.6. The fourth-order valence-corrected chi connectivity index (χ4v) is 1.50. The van der Waals surface area contributed by atoms with Crippen LogP contribution in [0.25, 0.3) is 0 Å². The van der Waals surface area contributed by atoms with Crippen LogP contribution in [0.3, 0.4) is 0 Å². The molecule has 88 valence electrons. The van der Waals surface area contributed by atoms with Gasteiger partial charge in [0, 0.05) is 6.42 Å². The minimum atomic E-state index is -0.477. The molecule has 1 atom stereocenters. The molecule has 0 aromatic heterocycles. The van der Waals surface area contributed by atoms with E-state index >= 15 is 0 Å². The minimum Gasteiger partial charge on any atom is -0.493 e. The Labute approximate surface area is 94.2 Å². The van der Waals surface area contributed by atoms with Gasteiger partial charge in [-0.05, 0) is 23.6 Å². The summed E-state index contributed by atoms with van der Waals surface area (Å²) < 4.78 is 23.5. The molecule has 0 saturated heterocycles. The lowest BCUT2D eigenvalue weighted by Crippen LogP contribution is -2.00. The molecule has 1 rings (SSSR count). The van der Waals surface area contributed by atoms with Crippen LogP contribution in [-0.4, -0.2) is 20.5 Å². The van der Waals surface area contributed by atoms with Gasteiger partial charge in [0.05, 0.1) is 14.2 Å². The van der Waals surface area contributed by atoms with E-state index < -0.39 is 5.82 Å². The number of ether oxygens (including phenoxy) is 2. The highest BCUT2D eigenvalue weighted by Gasteiger charge is 2.15.